The summed E-state index contributed by atoms with van der Waals surface area (Å²) in [5, 5.41) is 6.15. The molecule has 0 fully saturated rings. The molecular weight excluding hydrogens is 527 g/mol. The van der Waals surface area contributed by atoms with Crippen molar-refractivity contribution >= 4 is 49.6 Å². The van der Waals surface area contributed by atoms with Gasteiger partial charge in [0.2, 0.25) is 0 Å². The molecule has 0 radical (unpaired) electrons. The standard InChI is InChI=1S/C27H25N3O4S3/c1-16-7-5-6-8-22(16)37(32,33)30-25(31)19-14-35-24(28-19)12-17-9-10-20-18(11-17)13-21(34-20)26-29-23(15-36-26)27(2,3)4/h5-11,13-15H,12H2,1-4H3,(H,30,31). The first-order chi connectivity index (χ1) is 17.5. The molecule has 0 atom stereocenters. The Labute approximate surface area is 223 Å². The Balaban J connectivity index is 1.31. The van der Waals surface area contributed by atoms with Crippen LogP contribution in [0.5, 0.6) is 0 Å². The lowest BCUT2D eigenvalue weighted by Gasteiger charge is -2.13. The number of carbonyl (C=O) groups is 1. The third kappa shape index (κ3) is 5.36. The Morgan fingerprint density at radius 1 is 1.03 bits per heavy atom. The molecule has 2 aromatic carbocycles. The maximum atomic E-state index is 12.6. The molecule has 7 nitrogen and oxygen atoms in total. The normalized spacial score (nSPS) is 12.2. The summed E-state index contributed by atoms with van der Waals surface area (Å²) >= 11 is 2.88. The van der Waals surface area contributed by atoms with Crippen molar-refractivity contribution < 1.29 is 17.6 Å². The summed E-state index contributed by atoms with van der Waals surface area (Å²) in [5.74, 6) is -0.0190. The number of amides is 1. The average molecular weight is 552 g/mol. The van der Waals surface area contributed by atoms with Gasteiger partial charge in [-0.05, 0) is 42.3 Å². The molecular formula is C27H25N3O4S3. The summed E-state index contributed by atoms with van der Waals surface area (Å²) in [7, 11) is -3.99. The monoisotopic (exact) mass is 551 g/mol. The molecule has 0 aliphatic carbocycles. The van der Waals surface area contributed by atoms with Gasteiger partial charge in [0.05, 0.1) is 15.6 Å². The average Bonchev–Trinajstić information content (AvgIpc) is 3.57. The largest absolute Gasteiger partial charge is 0.454 e. The van der Waals surface area contributed by atoms with E-state index >= 15 is 0 Å². The summed E-state index contributed by atoms with van der Waals surface area (Å²) in [6.07, 6.45) is 0.504. The number of fused-ring (bicyclic) bond motifs is 1. The molecule has 10 heteroatoms. The lowest BCUT2D eigenvalue weighted by Crippen LogP contribution is -2.31. The molecule has 190 valence electrons. The zero-order valence-electron chi connectivity index (χ0n) is 20.7. The van der Waals surface area contributed by atoms with E-state index in [1.807, 2.05) is 24.3 Å². The van der Waals surface area contributed by atoms with E-state index in [0.29, 0.717) is 17.0 Å². The van der Waals surface area contributed by atoms with Gasteiger partial charge in [-0.2, -0.15) is 0 Å². The molecule has 0 aliphatic heterocycles. The third-order valence-corrected chi connectivity index (χ3v) is 9.01. The minimum absolute atomic E-state index is 0.0257. The number of aromatic nitrogens is 2. The van der Waals surface area contributed by atoms with Crippen LogP contribution in [0.3, 0.4) is 0 Å². The molecule has 5 rings (SSSR count). The van der Waals surface area contributed by atoms with Crippen molar-refractivity contribution in [3.63, 3.8) is 0 Å². The highest BCUT2D eigenvalue weighted by atomic mass is 32.2. The first kappa shape index (κ1) is 25.3. The van der Waals surface area contributed by atoms with E-state index in [9.17, 15) is 13.2 Å². The number of thiazole rings is 2. The molecule has 1 amide bonds. The highest BCUT2D eigenvalue weighted by molar-refractivity contribution is 7.90. The van der Waals surface area contributed by atoms with Crippen LogP contribution in [0.4, 0.5) is 0 Å². The van der Waals surface area contributed by atoms with Gasteiger partial charge in [-0.25, -0.2) is 23.1 Å². The van der Waals surface area contributed by atoms with E-state index in [2.05, 4.69) is 35.9 Å². The topological polar surface area (TPSA) is 102 Å². The Bertz CT molecular complexity index is 1720. The molecule has 1 N–H and O–H groups in total. The van der Waals surface area contributed by atoms with Crippen LogP contribution in [0.25, 0.3) is 21.7 Å². The Kier molecular flexibility index (Phi) is 6.51. The van der Waals surface area contributed by atoms with Gasteiger partial charge in [-0.1, -0.05) is 45.0 Å². The van der Waals surface area contributed by atoms with Crippen molar-refractivity contribution in [3.8, 4) is 10.8 Å². The molecule has 5 aromatic rings. The quantitative estimate of drug-likeness (QED) is 0.265. The van der Waals surface area contributed by atoms with E-state index in [1.54, 1.807) is 41.8 Å². The van der Waals surface area contributed by atoms with E-state index in [1.165, 1.54) is 17.4 Å². The number of sulfonamides is 1. The molecule has 0 spiro atoms. The molecule has 37 heavy (non-hydrogen) atoms. The number of hydrogen-bond donors (Lipinski definition) is 1. The number of hydrogen-bond acceptors (Lipinski definition) is 8. The number of nitrogens with one attached hydrogen (secondary N) is 1. The fourth-order valence-electron chi connectivity index (χ4n) is 3.80. The van der Waals surface area contributed by atoms with Gasteiger partial charge >= 0.3 is 0 Å². The van der Waals surface area contributed by atoms with Crippen molar-refractivity contribution in [2.45, 2.75) is 44.4 Å². The lowest BCUT2D eigenvalue weighted by molar-refractivity contribution is 0.0977. The number of benzene rings is 2. The number of rotatable bonds is 6. The zero-order valence-corrected chi connectivity index (χ0v) is 23.2. The number of furan rings is 1. The summed E-state index contributed by atoms with van der Waals surface area (Å²) < 4.78 is 33.4. The minimum Gasteiger partial charge on any atom is -0.454 e. The second-order valence-electron chi connectivity index (χ2n) is 9.77. The molecule has 0 saturated heterocycles. The van der Waals surface area contributed by atoms with Crippen LogP contribution in [-0.4, -0.2) is 24.3 Å². The highest BCUT2D eigenvalue weighted by Crippen LogP contribution is 2.33. The van der Waals surface area contributed by atoms with Gasteiger partial charge in [0.15, 0.2) is 10.8 Å². The van der Waals surface area contributed by atoms with Crippen LogP contribution in [0.1, 0.15) is 53.1 Å². The maximum Gasteiger partial charge on any atom is 0.284 e. The van der Waals surface area contributed by atoms with Gasteiger partial charge in [0.1, 0.15) is 11.3 Å². The first-order valence-electron chi connectivity index (χ1n) is 11.6. The predicted octanol–water partition coefficient (Wildman–Crippen LogP) is 6.33. The summed E-state index contributed by atoms with van der Waals surface area (Å²) in [6.45, 7) is 8.08. The molecule has 0 bridgehead atoms. The van der Waals surface area contributed by atoms with E-state index < -0.39 is 15.9 Å². The van der Waals surface area contributed by atoms with Gasteiger partial charge in [0.25, 0.3) is 15.9 Å². The van der Waals surface area contributed by atoms with E-state index in [-0.39, 0.29) is 16.0 Å². The number of nitrogens with zero attached hydrogens (tertiary/aromatic N) is 2. The zero-order chi connectivity index (χ0) is 26.4. The summed E-state index contributed by atoms with van der Waals surface area (Å²) in [4.78, 5) is 21.8. The van der Waals surface area contributed by atoms with Crippen molar-refractivity contribution in [2.75, 3.05) is 0 Å². The Hall–Kier alpha value is -3.34. The maximum absolute atomic E-state index is 12.6. The van der Waals surface area contributed by atoms with Crippen LogP contribution in [-0.2, 0) is 21.9 Å². The Morgan fingerprint density at radius 2 is 1.81 bits per heavy atom. The van der Waals surface area contributed by atoms with Crippen LogP contribution in [0.15, 0.2) is 68.6 Å². The van der Waals surface area contributed by atoms with Gasteiger partial charge in [-0.3, -0.25) is 4.79 Å². The van der Waals surface area contributed by atoms with Crippen molar-refractivity contribution in [1.29, 1.82) is 0 Å². The third-order valence-electron chi connectivity index (χ3n) is 5.81. The SMILES string of the molecule is Cc1ccccc1S(=O)(=O)NC(=O)c1csc(Cc2ccc3oc(-c4nc(C(C)(C)C)cs4)cc3c2)n1. The molecule has 0 aliphatic rings. The smallest absolute Gasteiger partial charge is 0.284 e. The van der Waals surface area contributed by atoms with Crippen molar-refractivity contribution in [3.05, 3.63) is 86.8 Å². The van der Waals surface area contributed by atoms with Crippen LogP contribution in [0, 0.1) is 6.92 Å². The van der Waals surface area contributed by atoms with Gasteiger partial charge in [-0.15, -0.1) is 22.7 Å². The first-order valence-corrected chi connectivity index (χ1v) is 14.8. The fraction of sp³-hybridized carbons (Fsp3) is 0.222. The fourth-order valence-corrected chi connectivity index (χ4v) is 6.81. The number of carbonyl (C=O) groups excluding carboxylic acids is 1. The second kappa shape index (κ2) is 9.51. The highest BCUT2D eigenvalue weighted by Gasteiger charge is 2.22. The molecule has 3 aromatic heterocycles. The molecule has 0 unspecified atom stereocenters. The lowest BCUT2D eigenvalue weighted by atomic mass is 9.93. The van der Waals surface area contributed by atoms with Gasteiger partial charge in [0, 0.05) is 28.0 Å². The van der Waals surface area contributed by atoms with Crippen LogP contribution >= 0.6 is 22.7 Å². The summed E-state index contributed by atoms with van der Waals surface area (Å²) in [6, 6.07) is 14.4. The predicted molar refractivity (Wildman–Crippen MR) is 147 cm³/mol. The Morgan fingerprint density at radius 3 is 2.54 bits per heavy atom. The minimum atomic E-state index is -3.99. The van der Waals surface area contributed by atoms with Gasteiger partial charge < -0.3 is 4.42 Å². The van der Waals surface area contributed by atoms with Crippen molar-refractivity contribution in [1.82, 2.24) is 14.7 Å². The number of aryl methyl sites for hydroxylation is 1. The van der Waals surface area contributed by atoms with Crippen molar-refractivity contribution in [2.24, 2.45) is 0 Å². The van der Waals surface area contributed by atoms with Crippen LogP contribution < -0.4 is 4.72 Å². The summed E-state index contributed by atoms with van der Waals surface area (Å²) in [5.41, 5.74) is 3.41. The van der Waals surface area contributed by atoms with E-state index in [4.69, 9.17) is 9.40 Å². The van der Waals surface area contributed by atoms with E-state index in [0.717, 1.165) is 33.0 Å². The molecule has 3 heterocycles. The second-order valence-corrected chi connectivity index (χ2v) is 13.2. The molecule has 0 saturated carbocycles. The van der Waals surface area contributed by atoms with Crippen LogP contribution in [0.2, 0.25) is 0 Å².